The van der Waals surface area contributed by atoms with Crippen LogP contribution in [0.1, 0.15) is 41.0 Å². The lowest BCUT2D eigenvalue weighted by molar-refractivity contribution is -0.139. The Kier molecular flexibility index (Phi) is 7.28. The van der Waals surface area contributed by atoms with Crippen molar-refractivity contribution in [1.82, 2.24) is 4.72 Å². The van der Waals surface area contributed by atoms with E-state index in [1.165, 1.54) is 6.07 Å². The third-order valence-corrected chi connectivity index (χ3v) is 4.91. The van der Waals surface area contributed by atoms with E-state index < -0.39 is 38.9 Å². The maximum absolute atomic E-state index is 12.7. The fourth-order valence-corrected chi connectivity index (χ4v) is 3.61. The van der Waals surface area contributed by atoms with Crippen LogP contribution in [0.15, 0.2) is 23.1 Å². The molecule has 0 fully saturated rings. The van der Waals surface area contributed by atoms with E-state index >= 15 is 0 Å². The third-order valence-electron chi connectivity index (χ3n) is 3.40. The molecule has 0 unspecified atom stereocenters. The molecule has 1 atom stereocenters. The molecule has 0 saturated carbocycles. The van der Waals surface area contributed by atoms with Crippen molar-refractivity contribution in [2.24, 2.45) is 5.92 Å². The van der Waals surface area contributed by atoms with Crippen molar-refractivity contribution in [2.75, 3.05) is 14.2 Å². The minimum atomic E-state index is -4.44. The summed E-state index contributed by atoms with van der Waals surface area (Å²) in [6.45, 7) is 3.48. The lowest BCUT2D eigenvalue weighted by atomic mass is 10.1. The number of hydrogen-bond acceptors (Lipinski definition) is 7. The quantitative estimate of drug-likeness (QED) is 0.631. The summed E-state index contributed by atoms with van der Waals surface area (Å²) in [4.78, 5) is 34.3. The SMILES string of the molecule is COC(=O)c1ccc(C(=O)OC)c(S(=O)(=O)N[C@H](CC(C)C)C(=O)O)c1. The van der Waals surface area contributed by atoms with Gasteiger partial charge in [0.25, 0.3) is 0 Å². The molecule has 0 saturated heterocycles. The monoisotopic (exact) mass is 387 g/mol. The first kappa shape index (κ1) is 21.6. The maximum Gasteiger partial charge on any atom is 0.339 e. The van der Waals surface area contributed by atoms with Crippen molar-refractivity contribution >= 4 is 27.9 Å². The number of carbonyl (C=O) groups excluding carboxylic acids is 2. The van der Waals surface area contributed by atoms with E-state index in [0.29, 0.717) is 0 Å². The summed E-state index contributed by atoms with van der Waals surface area (Å²) in [6, 6.07) is 1.85. The fourth-order valence-electron chi connectivity index (χ4n) is 2.19. The number of esters is 2. The van der Waals surface area contributed by atoms with Gasteiger partial charge < -0.3 is 14.6 Å². The molecule has 9 nitrogen and oxygen atoms in total. The normalized spacial score (nSPS) is 12.5. The summed E-state index contributed by atoms with van der Waals surface area (Å²) in [7, 11) is -2.25. The largest absolute Gasteiger partial charge is 0.480 e. The molecule has 0 amide bonds. The van der Waals surface area contributed by atoms with Crippen LogP contribution < -0.4 is 4.72 Å². The molecule has 0 aromatic heterocycles. The van der Waals surface area contributed by atoms with Crippen LogP contribution in [0.3, 0.4) is 0 Å². The molecule has 1 aromatic rings. The van der Waals surface area contributed by atoms with Gasteiger partial charge in [0.15, 0.2) is 0 Å². The number of sulfonamides is 1. The van der Waals surface area contributed by atoms with Gasteiger partial charge in [0.1, 0.15) is 6.04 Å². The lowest BCUT2D eigenvalue weighted by Crippen LogP contribution is -2.42. The minimum Gasteiger partial charge on any atom is -0.480 e. The van der Waals surface area contributed by atoms with Gasteiger partial charge in [0.2, 0.25) is 10.0 Å². The molecule has 2 N–H and O–H groups in total. The number of benzene rings is 1. The predicted octanol–water partition coefficient (Wildman–Crippen LogP) is 1.04. The molecular formula is C16H21NO8S. The van der Waals surface area contributed by atoms with Crippen LogP contribution in [0.2, 0.25) is 0 Å². The van der Waals surface area contributed by atoms with E-state index in [1.807, 2.05) is 0 Å². The fraction of sp³-hybridized carbons (Fsp3) is 0.438. The Morgan fingerprint density at radius 3 is 2.15 bits per heavy atom. The van der Waals surface area contributed by atoms with E-state index in [0.717, 1.165) is 26.4 Å². The number of hydrogen-bond donors (Lipinski definition) is 2. The molecule has 0 aliphatic heterocycles. The molecular weight excluding hydrogens is 366 g/mol. The van der Waals surface area contributed by atoms with Crippen LogP contribution in [0.5, 0.6) is 0 Å². The lowest BCUT2D eigenvalue weighted by Gasteiger charge is -2.18. The zero-order valence-corrected chi connectivity index (χ0v) is 15.6. The molecule has 0 aliphatic rings. The Hall–Kier alpha value is -2.46. The van der Waals surface area contributed by atoms with Crippen LogP contribution >= 0.6 is 0 Å². The van der Waals surface area contributed by atoms with Gasteiger partial charge in [-0.15, -0.1) is 0 Å². The first-order valence-corrected chi connectivity index (χ1v) is 9.07. The second-order valence-corrected chi connectivity index (χ2v) is 7.52. The first-order valence-electron chi connectivity index (χ1n) is 7.59. The van der Waals surface area contributed by atoms with Crippen molar-refractivity contribution in [2.45, 2.75) is 31.2 Å². The van der Waals surface area contributed by atoms with E-state index in [9.17, 15) is 27.9 Å². The Labute approximate surface area is 151 Å². The summed E-state index contributed by atoms with van der Waals surface area (Å²) in [5.41, 5.74) is -0.447. The standard InChI is InChI=1S/C16H21NO8S/c1-9(2)7-12(14(18)19)17-26(22,23)13-8-10(15(20)24-3)5-6-11(13)16(21)25-4/h5-6,8-9,12,17H,7H2,1-4H3,(H,18,19)/t12-/m1/s1. The van der Waals surface area contributed by atoms with Gasteiger partial charge in [0, 0.05) is 0 Å². The van der Waals surface area contributed by atoms with Gasteiger partial charge in [0.05, 0.1) is 30.2 Å². The average Bonchev–Trinajstić information content (AvgIpc) is 2.58. The molecule has 0 heterocycles. The summed E-state index contributed by atoms with van der Waals surface area (Å²) in [6.07, 6.45) is 0.0405. The maximum atomic E-state index is 12.7. The van der Waals surface area contributed by atoms with E-state index in [-0.39, 0.29) is 23.5 Å². The molecule has 0 radical (unpaired) electrons. The number of nitrogens with one attached hydrogen (secondary N) is 1. The van der Waals surface area contributed by atoms with Gasteiger partial charge in [-0.25, -0.2) is 18.0 Å². The van der Waals surface area contributed by atoms with Crippen LogP contribution in [0.4, 0.5) is 0 Å². The highest BCUT2D eigenvalue weighted by Gasteiger charge is 2.30. The average molecular weight is 387 g/mol. The minimum absolute atomic E-state index is 0.0405. The zero-order valence-electron chi connectivity index (χ0n) is 14.8. The number of rotatable bonds is 8. The first-order chi connectivity index (χ1) is 12.0. The predicted molar refractivity (Wildman–Crippen MR) is 90.3 cm³/mol. The second kappa shape index (κ2) is 8.77. The van der Waals surface area contributed by atoms with E-state index in [1.54, 1.807) is 13.8 Å². The summed E-state index contributed by atoms with van der Waals surface area (Å²) < 4.78 is 36.5. The summed E-state index contributed by atoms with van der Waals surface area (Å²) in [5, 5.41) is 9.25. The molecule has 1 rings (SSSR count). The molecule has 26 heavy (non-hydrogen) atoms. The number of carbonyl (C=O) groups is 3. The van der Waals surface area contributed by atoms with Gasteiger partial charge >= 0.3 is 17.9 Å². The molecule has 1 aromatic carbocycles. The molecule has 0 aliphatic carbocycles. The number of aliphatic carboxylic acids is 1. The molecule has 10 heteroatoms. The van der Waals surface area contributed by atoms with Crippen LogP contribution in [0.25, 0.3) is 0 Å². The third kappa shape index (κ3) is 5.27. The van der Waals surface area contributed by atoms with Crippen molar-refractivity contribution < 1.29 is 37.4 Å². The summed E-state index contributed by atoms with van der Waals surface area (Å²) in [5.74, 6) is -3.21. The Morgan fingerprint density at radius 1 is 1.12 bits per heavy atom. The molecule has 0 spiro atoms. The van der Waals surface area contributed by atoms with E-state index in [4.69, 9.17) is 0 Å². The van der Waals surface area contributed by atoms with Crippen LogP contribution in [-0.4, -0.2) is 51.7 Å². The van der Waals surface area contributed by atoms with Crippen molar-refractivity contribution in [3.8, 4) is 0 Å². The summed E-state index contributed by atoms with van der Waals surface area (Å²) >= 11 is 0. The highest BCUT2D eigenvalue weighted by molar-refractivity contribution is 7.89. The smallest absolute Gasteiger partial charge is 0.339 e. The van der Waals surface area contributed by atoms with Crippen molar-refractivity contribution in [3.63, 3.8) is 0 Å². The Morgan fingerprint density at radius 2 is 1.69 bits per heavy atom. The van der Waals surface area contributed by atoms with Gasteiger partial charge in [-0.3, -0.25) is 4.79 Å². The Balaban J connectivity index is 3.45. The zero-order chi connectivity index (χ0) is 20.1. The van der Waals surface area contributed by atoms with Crippen LogP contribution in [-0.2, 0) is 24.3 Å². The Bertz CT molecular complexity index is 800. The van der Waals surface area contributed by atoms with Crippen molar-refractivity contribution in [3.05, 3.63) is 29.3 Å². The topological polar surface area (TPSA) is 136 Å². The molecule has 0 bridgehead atoms. The highest BCUT2D eigenvalue weighted by Crippen LogP contribution is 2.21. The number of ether oxygens (including phenoxy) is 2. The van der Waals surface area contributed by atoms with Crippen molar-refractivity contribution in [1.29, 1.82) is 0 Å². The molecule has 144 valence electrons. The number of carboxylic acids is 1. The number of carboxylic acid groups (broad SMARTS) is 1. The highest BCUT2D eigenvalue weighted by atomic mass is 32.2. The number of methoxy groups -OCH3 is 2. The van der Waals surface area contributed by atoms with E-state index in [2.05, 4.69) is 14.2 Å². The van der Waals surface area contributed by atoms with Gasteiger partial charge in [-0.1, -0.05) is 13.8 Å². The van der Waals surface area contributed by atoms with Gasteiger partial charge in [-0.2, -0.15) is 4.72 Å². The second-order valence-electron chi connectivity index (χ2n) is 5.84. The van der Waals surface area contributed by atoms with Crippen LogP contribution in [0, 0.1) is 5.92 Å². The van der Waals surface area contributed by atoms with Gasteiger partial charge in [-0.05, 0) is 30.5 Å².